The van der Waals surface area contributed by atoms with E-state index in [-0.39, 0.29) is 23.2 Å². The molecule has 0 unspecified atom stereocenters. The van der Waals surface area contributed by atoms with E-state index in [1.54, 1.807) is 25.1 Å². The molecule has 0 bridgehead atoms. The molecule has 2 heterocycles. The lowest BCUT2D eigenvalue weighted by molar-refractivity contribution is -0.114. The molecule has 28 heavy (non-hydrogen) atoms. The third-order valence-corrected chi connectivity index (χ3v) is 6.59. The van der Waals surface area contributed by atoms with Gasteiger partial charge < -0.3 is 4.52 Å². The van der Waals surface area contributed by atoms with Crippen LogP contribution in [0.1, 0.15) is 30.0 Å². The number of aromatic nitrogens is 1. The largest absolute Gasteiger partial charge is 0.337 e. The molecule has 0 fully saturated rings. The average Bonchev–Trinajstić information content (AvgIpc) is 3.29. The molecule has 0 saturated heterocycles. The number of nitrogens with one attached hydrogen (secondary N) is 2. The molecular weight excluding hydrogens is 398 g/mol. The minimum absolute atomic E-state index is 0.179. The Hall–Kier alpha value is -2.49. The van der Waals surface area contributed by atoms with E-state index in [0.717, 1.165) is 4.88 Å². The Morgan fingerprint density at radius 1 is 1.29 bits per heavy atom. The van der Waals surface area contributed by atoms with Crippen molar-refractivity contribution in [2.45, 2.75) is 38.6 Å². The van der Waals surface area contributed by atoms with Crippen molar-refractivity contribution in [1.29, 1.82) is 0 Å². The summed E-state index contributed by atoms with van der Waals surface area (Å²) in [5.41, 5.74) is 2.47. The molecule has 0 aliphatic carbocycles. The van der Waals surface area contributed by atoms with Gasteiger partial charge in [-0.05, 0) is 42.0 Å². The maximum Gasteiger partial charge on any atom is 0.241 e. The van der Waals surface area contributed by atoms with Gasteiger partial charge in [0.15, 0.2) is 0 Å². The second-order valence-electron chi connectivity index (χ2n) is 6.25. The van der Waals surface area contributed by atoms with Crippen LogP contribution in [-0.2, 0) is 27.8 Å². The minimum atomic E-state index is -3.72. The Morgan fingerprint density at radius 2 is 2.07 bits per heavy atom. The predicted octanol–water partition coefficient (Wildman–Crippen LogP) is 3.71. The van der Waals surface area contributed by atoms with E-state index < -0.39 is 10.0 Å². The number of nitrogens with zero attached hydrogens (tertiary/aromatic N) is 1. The molecule has 7 nitrogen and oxygen atoms in total. The molecule has 0 saturated carbocycles. The van der Waals surface area contributed by atoms with Crippen molar-refractivity contribution in [1.82, 2.24) is 9.88 Å². The van der Waals surface area contributed by atoms with Crippen LogP contribution in [0.3, 0.4) is 0 Å². The summed E-state index contributed by atoms with van der Waals surface area (Å²) < 4.78 is 33.6. The van der Waals surface area contributed by atoms with Gasteiger partial charge in [0.05, 0.1) is 16.2 Å². The normalized spacial score (nSPS) is 11.5. The fourth-order valence-electron chi connectivity index (χ4n) is 2.81. The Morgan fingerprint density at radius 3 is 2.71 bits per heavy atom. The Labute approximate surface area is 167 Å². The topological polar surface area (TPSA) is 101 Å². The maximum atomic E-state index is 12.9. The van der Waals surface area contributed by atoms with Crippen molar-refractivity contribution in [3.8, 4) is 11.1 Å². The van der Waals surface area contributed by atoms with Crippen LogP contribution in [0.5, 0.6) is 0 Å². The van der Waals surface area contributed by atoms with Gasteiger partial charge >= 0.3 is 0 Å². The number of sulfonamides is 1. The first kappa shape index (κ1) is 20.2. The number of carbonyl (C=O) groups is 1. The molecule has 9 heteroatoms. The van der Waals surface area contributed by atoms with Crippen LogP contribution >= 0.6 is 11.3 Å². The highest BCUT2D eigenvalue weighted by atomic mass is 32.2. The zero-order valence-corrected chi connectivity index (χ0v) is 17.4. The second kappa shape index (κ2) is 8.26. The smallest absolute Gasteiger partial charge is 0.241 e. The van der Waals surface area contributed by atoms with Crippen molar-refractivity contribution in [3.05, 3.63) is 51.8 Å². The fourth-order valence-corrected chi connectivity index (χ4v) is 4.82. The van der Waals surface area contributed by atoms with Crippen LogP contribution in [-0.4, -0.2) is 19.5 Å². The third kappa shape index (κ3) is 4.32. The monoisotopic (exact) mass is 419 g/mol. The lowest BCUT2D eigenvalue weighted by atomic mass is 10.0. The van der Waals surface area contributed by atoms with Gasteiger partial charge in [-0.1, -0.05) is 30.3 Å². The summed E-state index contributed by atoms with van der Waals surface area (Å²) >= 11 is 1.49. The molecule has 0 aliphatic rings. The van der Waals surface area contributed by atoms with Crippen molar-refractivity contribution < 1.29 is 17.7 Å². The minimum Gasteiger partial charge on any atom is -0.337 e. The van der Waals surface area contributed by atoms with E-state index in [4.69, 9.17) is 4.52 Å². The van der Waals surface area contributed by atoms with Gasteiger partial charge in [0.1, 0.15) is 0 Å². The van der Waals surface area contributed by atoms with Crippen LogP contribution in [0, 0.1) is 6.92 Å². The highest BCUT2D eigenvalue weighted by molar-refractivity contribution is 7.89. The van der Waals surface area contributed by atoms with Gasteiger partial charge in [-0.2, -0.15) is 0 Å². The lowest BCUT2D eigenvalue weighted by Gasteiger charge is -2.11. The van der Waals surface area contributed by atoms with Gasteiger partial charge in [0.25, 0.3) is 0 Å². The molecule has 2 N–H and O–H groups in total. The standard InChI is InChI=1S/C19H21N3O4S2/c1-4-16-18(19(26-22-16)21-13(3)23)14-8-7-12(2)17(10-14)28(24,25)20-11-15-6-5-9-27-15/h5-10,20H,4,11H2,1-3H3,(H,21,23). The summed E-state index contributed by atoms with van der Waals surface area (Å²) in [4.78, 5) is 12.6. The van der Waals surface area contributed by atoms with E-state index >= 15 is 0 Å². The van der Waals surface area contributed by atoms with Crippen molar-refractivity contribution in [3.63, 3.8) is 0 Å². The summed E-state index contributed by atoms with van der Waals surface area (Å²) in [6.45, 7) is 5.26. The quantitative estimate of drug-likeness (QED) is 0.608. The molecule has 0 atom stereocenters. The fraction of sp³-hybridized carbons (Fsp3) is 0.263. The first-order valence-electron chi connectivity index (χ1n) is 8.71. The van der Waals surface area contributed by atoms with Crippen LogP contribution in [0.25, 0.3) is 11.1 Å². The second-order valence-corrected chi connectivity index (χ2v) is 9.02. The molecule has 1 amide bonds. The Balaban J connectivity index is 2.00. The van der Waals surface area contributed by atoms with Gasteiger partial charge in [-0.3, -0.25) is 10.1 Å². The average molecular weight is 420 g/mol. The number of hydrogen-bond donors (Lipinski definition) is 2. The van der Waals surface area contributed by atoms with Gasteiger partial charge in [-0.15, -0.1) is 11.3 Å². The number of amides is 1. The zero-order valence-electron chi connectivity index (χ0n) is 15.8. The van der Waals surface area contributed by atoms with Crippen LogP contribution in [0.2, 0.25) is 0 Å². The van der Waals surface area contributed by atoms with Crippen molar-refractivity contribution >= 4 is 33.2 Å². The van der Waals surface area contributed by atoms with E-state index in [0.29, 0.717) is 28.8 Å². The number of benzene rings is 1. The zero-order chi connectivity index (χ0) is 20.3. The van der Waals surface area contributed by atoms with Gasteiger partial charge in [0, 0.05) is 18.3 Å². The number of anilines is 1. The third-order valence-electron chi connectivity index (χ3n) is 4.17. The van der Waals surface area contributed by atoms with Gasteiger partial charge in [0.2, 0.25) is 21.8 Å². The summed E-state index contributed by atoms with van der Waals surface area (Å²) in [5, 5.41) is 8.51. The number of rotatable bonds is 7. The first-order chi connectivity index (χ1) is 13.3. The maximum absolute atomic E-state index is 12.9. The number of aryl methyl sites for hydroxylation is 2. The molecule has 2 aromatic heterocycles. The first-order valence-corrected chi connectivity index (χ1v) is 11.1. The van der Waals surface area contributed by atoms with Gasteiger partial charge in [-0.25, -0.2) is 13.1 Å². The van der Waals surface area contributed by atoms with E-state index in [1.165, 1.54) is 18.3 Å². The van der Waals surface area contributed by atoms with E-state index in [2.05, 4.69) is 15.2 Å². The molecule has 148 valence electrons. The van der Waals surface area contributed by atoms with Crippen LogP contribution in [0.4, 0.5) is 5.88 Å². The summed E-state index contributed by atoms with van der Waals surface area (Å²) in [5.74, 6) is -0.0827. The molecule has 3 aromatic rings. The van der Waals surface area contributed by atoms with Crippen molar-refractivity contribution in [2.75, 3.05) is 5.32 Å². The highest BCUT2D eigenvalue weighted by Gasteiger charge is 2.22. The molecule has 0 aliphatic heterocycles. The summed E-state index contributed by atoms with van der Waals surface area (Å²) in [6, 6.07) is 8.87. The molecule has 1 aromatic carbocycles. The summed E-state index contributed by atoms with van der Waals surface area (Å²) in [6.07, 6.45) is 0.574. The van der Waals surface area contributed by atoms with Crippen LogP contribution < -0.4 is 10.0 Å². The Bertz CT molecular complexity index is 1090. The number of hydrogen-bond acceptors (Lipinski definition) is 6. The van der Waals surface area contributed by atoms with Crippen LogP contribution in [0.15, 0.2) is 45.1 Å². The lowest BCUT2D eigenvalue weighted by Crippen LogP contribution is -2.23. The van der Waals surface area contributed by atoms with Crippen molar-refractivity contribution in [2.24, 2.45) is 0 Å². The number of carbonyl (C=O) groups excluding carboxylic acids is 1. The predicted molar refractivity (Wildman–Crippen MR) is 109 cm³/mol. The number of thiophene rings is 1. The Kier molecular flexibility index (Phi) is 5.97. The molecule has 0 spiro atoms. The highest BCUT2D eigenvalue weighted by Crippen LogP contribution is 2.34. The summed E-state index contributed by atoms with van der Waals surface area (Å²) in [7, 11) is -3.72. The van der Waals surface area contributed by atoms with E-state index in [1.807, 2.05) is 24.4 Å². The molecular formula is C19H21N3O4S2. The molecule has 3 rings (SSSR count). The van der Waals surface area contributed by atoms with E-state index in [9.17, 15) is 13.2 Å². The molecule has 0 radical (unpaired) electrons. The SMILES string of the molecule is CCc1noc(NC(C)=O)c1-c1ccc(C)c(S(=O)(=O)NCc2cccs2)c1.